The molecule has 4 heteroatoms. The van der Waals surface area contributed by atoms with Gasteiger partial charge in [0.15, 0.2) is 0 Å². The molecule has 0 unspecified atom stereocenters. The van der Waals surface area contributed by atoms with Crippen molar-refractivity contribution in [3.8, 4) is 5.69 Å². The van der Waals surface area contributed by atoms with Gasteiger partial charge in [-0.25, -0.2) is 0 Å². The number of rotatable bonds is 2. The van der Waals surface area contributed by atoms with Crippen LogP contribution in [-0.4, -0.2) is 4.57 Å². The Morgan fingerprint density at radius 3 is 2.12 bits per heavy atom. The van der Waals surface area contributed by atoms with Gasteiger partial charge in [0, 0.05) is 33.7 Å². The minimum atomic E-state index is 0.536. The molecular weight excluding hydrogens is 255 g/mol. The summed E-state index contributed by atoms with van der Waals surface area (Å²) in [5.41, 5.74) is 10.1. The molecule has 0 saturated heterocycles. The molecule has 2 nitrogen and oxygen atoms in total. The van der Waals surface area contributed by atoms with Crippen molar-refractivity contribution in [1.82, 2.24) is 4.57 Å². The lowest BCUT2D eigenvalue weighted by Crippen LogP contribution is -2.02. The van der Waals surface area contributed by atoms with E-state index < -0.39 is 0 Å². The van der Waals surface area contributed by atoms with Crippen LogP contribution < -0.4 is 5.73 Å². The summed E-state index contributed by atoms with van der Waals surface area (Å²) in [6.45, 7) is 4.62. The Balaban J connectivity index is 2.63. The van der Waals surface area contributed by atoms with Crippen LogP contribution in [0.3, 0.4) is 0 Å². The SMILES string of the molecule is Cc1cc(CN)c(C)n1-c1cc(Cl)cc(Cl)c1. The predicted molar refractivity (Wildman–Crippen MR) is 73.2 cm³/mol. The number of aryl methyl sites for hydroxylation is 1. The molecule has 0 amide bonds. The Morgan fingerprint density at radius 2 is 1.65 bits per heavy atom. The smallest absolute Gasteiger partial charge is 0.0484 e. The first-order chi connectivity index (χ1) is 8.02. The van der Waals surface area contributed by atoms with Crippen molar-refractivity contribution >= 4 is 23.2 Å². The topological polar surface area (TPSA) is 30.9 Å². The lowest BCUT2D eigenvalue weighted by molar-refractivity contribution is 0.943. The molecule has 0 radical (unpaired) electrons. The second-order valence-electron chi connectivity index (χ2n) is 4.06. The summed E-state index contributed by atoms with van der Waals surface area (Å²) in [5, 5.41) is 1.27. The fourth-order valence-corrected chi connectivity index (χ4v) is 2.62. The van der Waals surface area contributed by atoms with E-state index in [1.54, 1.807) is 6.07 Å². The molecule has 0 saturated carbocycles. The van der Waals surface area contributed by atoms with E-state index in [1.807, 2.05) is 26.0 Å². The number of hydrogen-bond donors (Lipinski definition) is 1. The van der Waals surface area contributed by atoms with Gasteiger partial charge in [-0.15, -0.1) is 0 Å². The maximum atomic E-state index is 6.02. The van der Waals surface area contributed by atoms with Crippen LogP contribution in [0.15, 0.2) is 24.3 Å². The first kappa shape index (κ1) is 12.5. The second-order valence-corrected chi connectivity index (χ2v) is 4.94. The Morgan fingerprint density at radius 1 is 1.06 bits per heavy atom. The molecule has 1 aromatic heterocycles. The number of hydrogen-bond acceptors (Lipinski definition) is 1. The summed E-state index contributed by atoms with van der Waals surface area (Å²) in [6, 6.07) is 7.61. The minimum absolute atomic E-state index is 0.536. The van der Waals surface area contributed by atoms with E-state index in [-0.39, 0.29) is 0 Å². The van der Waals surface area contributed by atoms with E-state index in [2.05, 4.69) is 10.6 Å². The molecule has 17 heavy (non-hydrogen) atoms. The zero-order valence-electron chi connectivity index (χ0n) is 9.80. The third-order valence-electron chi connectivity index (χ3n) is 2.86. The molecule has 0 aliphatic carbocycles. The third-order valence-corrected chi connectivity index (χ3v) is 3.30. The Bertz CT molecular complexity index is 539. The van der Waals surface area contributed by atoms with Gasteiger partial charge in [-0.05, 0) is 43.7 Å². The van der Waals surface area contributed by atoms with E-state index in [1.165, 1.54) is 0 Å². The number of aromatic nitrogens is 1. The molecule has 0 spiro atoms. The van der Waals surface area contributed by atoms with Crippen molar-refractivity contribution in [3.05, 3.63) is 51.3 Å². The van der Waals surface area contributed by atoms with Crippen LogP contribution in [0.2, 0.25) is 10.0 Å². The first-order valence-electron chi connectivity index (χ1n) is 5.37. The van der Waals surface area contributed by atoms with Crippen molar-refractivity contribution < 1.29 is 0 Å². The van der Waals surface area contributed by atoms with Crippen LogP contribution in [0.1, 0.15) is 17.0 Å². The second kappa shape index (κ2) is 4.73. The van der Waals surface area contributed by atoms with E-state index >= 15 is 0 Å². The van der Waals surface area contributed by atoms with Crippen LogP contribution >= 0.6 is 23.2 Å². The molecule has 1 aromatic carbocycles. The first-order valence-corrected chi connectivity index (χ1v) is 6.13. The van der Waals surface area contributed by atoms with E-state index in [0.717, 1.165) is 22.6 Å². The van der Waals surface area contributed by atoms with Crippen molar-refractivity contribution in [3.63, 3.8) is 0 Å². The van der Waals surface area contributed by atoms with Gasteiger partial charge >= 0.3 is 0 Å². The molecule has 1 heterocycles. The average Bonchev–Trinajstić information content (AvgIpc) is 2.52. The highest BCUT2D eigenvalue weighted by Gasteiger charge is 2.10. The normalized spacial score (nSPS) is 10.9. The fourth-order valence-electron chi connectivity index (χ4n) is 2.10. The molecule has 2 rings (SSSR count). The molecule has 0 atom stereocenters. The van der Waals surface area contributed by atoms with Crippen molar-refractivity contribution in [2.75, 3.05) is 0 Å². The van der Waals surface area contributed by atoms with E-state index in [4.69, 9.17) is 28.9 Å². The van der Waals surface area contributed by atoms with Crippen LogP contribution in [-0.2, 0) is 6.54 Å². The minimum Gasteiger partial charge on any atom is -0.326 e. The average molecular weight is 269 g/mol. The summed E-state index contributed by atoms with van der Waals surface area (Å²) in [7, 11) is 0. The van der Waals surface area contributed by atoms with Crippen LogP contribution in [0.5, 0.6) is 0 Å². The molecular formula is C13H14Cl2N2. The van der Waals surface area contributed by atoms with Gasteiger partial charge in [0.25, 0.3) is 0 Å². The maximum Gasteiger partial charge on any atom is 0.0484 e. The van der Waals surface area contributed by atoms with Gasteiger partial charge in [0.1, 0.15) is 0 Å². The fraction of sp³-hybridized carbons (Fsp3) is 0.231. The zero-order chi connectivity index (χ0) is 12.6. The zero-order valence-corrected chi connectivity index (χ0v) is 11.3. The van der Waals surface area contributed by atoms with Gasteiger partial charge in [-0.1, -0.05) is 23.2 Å². The van der Waals surface area contributed by atoms with Gasteiger partial charge in [0.2, 0.25) is 0 Å². The molecule has 90 valence electrons. The highest BCUT2D eigenvalue weighted by molar-refractivity contribution is 6.34. The lowest BCUT2D eigenvalue weighted by Gasteiger charge is -2.11. The lowest BCUT2D eigenvalue weighted by atomic mass is 10.2. The van der Waals surface area contributed by atoms with Crippen molar-refractivity contribution in [2.24, 2.45) is 5.73 Å². The quantitative estimate of drug-likeness (QED) is 0.881. The molecule has 0 aliphatic rings. The molecule has 0 bridgehead atoms. The number of benzene rings is 1. The molecule has 0 aliphatic heterocycles. The van der Waals surface area contributed by atoms with Crippen LogP contribution in [0, 0.1) is 13.8 Å². The highest BCUT2D eigenvalue weighted by atomic mass is 35.5. The van der Waals surface area contributed by atoms with E-state index in [0.29, 0.717) is 16.6 Å². The summed E-state index contributed by atoms with van der Waals surface area (Å²) >= 11 is 12.0. The Labute approximate surface area is 111 Å². The molecule has 0 fully saturated rings. The number of nitrogens with zero attached hydrogens (tertiary/aromatic N) is 1. The number of nitrogens with two attached hydrogens (primary N) is 1. The maximum absolute atomic E-state index is 6.02. The largest absolute Gasteiger partial charge is 0.326 e. The van der Waals surface area contributed by atoms with Crippen molar-refractivity contribution in [1.29, 1.82) is 0 Å². The van der Waals surface area contributed by atoms with Crippen LogP contribution in [0.4, 0.5) is 0 Å². The highest BCUT2D eigenvalue weighted by Crippen LogP contribution is 2.26. The monoisotopic (exact) mass is 268 g/mol. The van der Waals surface area contributed by atoms with Gasteiger partial charge in [-0.2, -0.15) is 0 Å². The van der Waals surface area contributed by atoms with Gasteiger partial charge in [-0.3, -0.25) is 0 Å². The predicted octanol–water partition coefficient (Wildman–Crippen LogP) is 3.86. The van der Waals surface area contributed by atoms with Gasteiger partial charge in [0.05, 0.1) is 0 Å². The summed E-state index contributed by atoms with van der Waals surface area (Å²) in [6.07, 6.45) is 0. The van der Waals surface area contributed by atoms with Crippen molar-refractivity contribution in [2.45, 2.75) is 20.4 Å². The Hall–Kier alpha value is -0.960. The third kappa shape index (κ3) is 2.34. The summed E-state index contributed by atoms with van der Waals surface area (Å²) in [5.74, 6) is 0. The summed E-state index contributed by atoms with van der Waals surface area (Å²) in [4.78, 5) is 0. The van der Waals surface area contributed by atoms with Gasteiger partial charge < -0.3 is 10.3 Å². The Kier molecular flexibility index (Phi) is 3.48. The number of halogens is 2. The standard InChI is InChI=1S/C13H14Cl2N2/c1-8-3-10(7-16)9(2)17(8)13-5-11(14)4-12(15)6-13/h3-6H,7,16H2,1-2H3. The van der Waals surface area contributed by atoms with E-state index in [9.17, 15) is 0 Å². The molecule has 2 N–H and O–H groups in total. The summed E-state index contributed by atoms with van der Waals surface area (Å²) < 4.78 is 2.11. The van der Waals surface area contributed by atoms with Crippen LogP contribution in [0.25, 0.3) is 5.69 Å². The molecule has 2 aromatic rings.